The van der Waals surface area contributed by atoms with Gasteiger partial charge in [0.25, 0.3) is 0 Å². The van der Waals surface area contributed by atoms with Gasteiger partial charge in [-0.1, -0.05) is 42.6 Å². The van der Waals surface area contributed by atoms with Gasteiger partial charge in [0, 0.05) is 0 Å². The summed E-state index contributed by atoms with van der Waals surface area (Å²) in [5.74, 6) is 0. The third-order valence-electron chi connectivity index (χ3n) is 1.79. The molecule has 0 nitrogen and oxygen atoms in total. The molecule has 1 atom stereocenters. The first-order valence-electron chi connectivity index (χ1n) is 3.81. The quantitative estimate of drug-likeness (QED) is 0.472. The zero-order valence-corrected chi connectivity index (χ0v) is 8.29. The Balaban J connectivity index is 3.33. The van der Waals surface area contributed by atoms with E-state index in [1.54, 1.807) is 0 Å². The normalized spacial score (nSPS) is 17.2. The summed E-state index contributed by atoms with van der Waals surface area (Å²) in [7, 11) is 2.27. The fourth-order valence-electron chi connectivity index (χ4n) is 0.722. The van der Waals surface area contributed by atoms with Gasteiger partial charge in [-0.3, -0.25) is 0 Å². The molecule has 0 aromatic heterocycles. The second-order valence-corrected chi connectivity index (χ2v) is 4.78. The van der Waals surface area contributed by atoms with E-state index >= 15 is 0 Å². The molecule has 0 spiro atoms. The van der Waals surface area contributed by atoms with Crippen molar-refractivity contribution in [2.24, 2.45) is 0 Å². The third-order valence-corrected chi connectivity index (χ3v) is 2.75. The lowest BCUT2D eigenvalue weighted by Crippen LogP contribution is -2.18. The van der Waals surface area contributed by atoms with Gasteiger partial charge in [0.1, 0.15) is 7.85 Å². The van der Waals surface area contributed by atoms with Crippen LogP contribution in [-0.2, 0) is 0 Å². The number of hydrogen-bond acceptors (Lipinski definition) is 0. The fourth-order valence-corrected chi connectivity index (χ4v) is 1.00. The fraction of sp³-hybridized carbons (Fsp3) is 1.00. The highest BCUT2D eigenvalue weighted by Crippen LogP contribution is 2.24. The molecular formula is C7H16BBr. The van der Waals surface area contributed by atoms with E-state index in [1.807, 2.05) is 0 Å². The van der Waals surface area contributed by atoms with Crippen LogP contribution < -0.4 is 0 Å². The molecule has 0 aliphatic rings. The maximum atomic E-state index is 3.68. The number of alkyl halides is 1. The van der Waals surface area contributed by atoms with Crippen molar-refractivity contribution < 1.29 is 0 Å². The van der Waals surface area contributed by atoms with Crippen LogP contribution in [0, 0.1) is 0 Å². The molecular weight excluding hydrogens is 175 g/mol. The van der Waals surface area contributed by atoms with Crippen molar-refractivity contribution in [2.45, 2.75) is 43.8 Å². The van der Waals surface area contributed by atoms with E-state index in [0.29, 0.717) is 4.22 Å². The number of hydrogen-bond donors (Lipinski definition) is 0. The van der Waals surface area contributed by atoms with Gasteiger partial charge in [-0.25, -0.2) is 0 Å². The van der Waals surface area contributed by atoms with Crippen molar-refractivity contribution in [3.63, 3.8) is 0 Å². The minimum atomic E-state index is 0.406. The summed E-state index contributed by atoms with van der Waals surface area (Å²) < 4.78 is 0.406. The monoisotopic (exact) mass is 190 g/mol. The minimum absolute atomic E-state index is 0.406. The topological polar surface area (TPSA) is 0 Å². The van der Waals surface area contributed by atoms with E-state index in [9.17, 15) is 0 Å². The Morgan fingerprint density at radius 1 is 1.44 bits per heavy atom. The Kier molecular flexibility index (Phi) is 4.64. The molecule has 0 radical (unpaired) electrons. The van der Waals surface area contributed by atoms with E-state index in [0.717, 1.165) is 0 Å². The average molecular weight is 191 g/mol. The number of unbranched alkanes of at least 4 members (excludes halogenated alkanes) is 1. The molecule has 0 bridgehead atoms. The summed E-state index contributed by atoms with van der Waals surface area (Å²) in [4.78, 5) is 0. The lowest BCUT2D eigenvalue weighted by molar-refractivity contribution is 0.636. The van der Waals surface area contributed by atoms with Crippen LogP contribution in [0.15, 0.2) is 0 Å². The second kappa shape index (κ2) is 4.37. The van der Waals surface area contributed by atoms with Gasteiger partial charge in [0.2, 0.25) is 0 Å². The molecule has 9 heavy (non-hydrogen) atoms. The van der Waals surface area contributed by atoms with E-state index in [4.69, 9.17) is 0 Å². The molecule has 0 aromatic rings. The largest absolute Gasteiger partial charge is 0.123 e. The molecule has 0 saturated heterocycles. The molecule has 0 rings (SSSR count). The first-order valence-corrected chi connectivity index (χ1v) is 4.60. The van der Waals surface area contributed by atoms with Gasteiger partial charge in [0.15, 0.2) is 0 Å². The van der Waals surface area contributed by atoms with Crippen molar-refractivity contribution in [2.75, 3.05) is 0 Å². The summed E-state index contributed by atoms with van der Waals surface area (Å²) in [6, 6.07) is 0. The molecule has 1 unspecified atom stereocenters. The first kappa shape index (κ1) is 9.54. The highest BCUT2D eigenvalue weighted by Gasteiger charge is 2.15. The molecule has 0 amide bonds. The van der Waals surface area contributed by atoms with Crippen LogP contribution in [-0.4, -0.2) is 12.1 Å². The minimum Gasteiger partial charge on any atom is -0.0952 e. The Labute approximate surface area is 67.9 Å². The summed E-state index contributed by atoms with van der Waals surface area (Å²) >= 11 is 3.68. The van der Waals surface area contributed by atoms with Gasteiger partial charge >= 0.3 is 0 Å². The van der Waals surface area contributed by atoms with Crippen LogP contribution in [0.5, 0.6) is 0 Å². The molecule has 0 heterocycles. The summed E-state index contributed by atoms with van der Waals surface area (Å²) in [5.41, 5.74) is 0. The molecule has 2 heteroatoms. The molecule has 0 N–H and O–H groups in total. The highest BCUT2D eigenvalue weighted by atomic mass is 79.9. The van der Waals surface area contributed by atoms with E-state index in [2.05, 4.69) is 37.6 Å². The molecule has 0 aliphatic carbocycles. The number of rotatable bonds is 4. The van der Waals surface area contributed by atoms with Gasteiger partial charge in [-0.05, 0) is 17.1 Å². The van der Waals surface area contributed by atoms with Crippen molar-refractivity contribution in [3.8, 4) is 0 Å². The van der Waals surface area contributed by atoms with Gasteiger partial charge in [-0.15, -0.1) is 0 Å². The van der Waals surface area contributed by atoms with Crippen LogP contribution >= 0.6 is 15.9 Å². The maximum absolute atomic E-state index is 3.68. The van der Waals surface area contributed by atoms with E-state index in [1.165, 1.54) is 25.7 Å². The Bertz CT molecular complexity index is 71.3. The molecule has 0 aromatic carbocycles. The highest BCUT2D eigenvalue weighted by molar-refractivity contribution is 9.10. The maximum Gasteiger partial charge on any atom is 0.123 e. The van der Waals surface area contributed by atoms with Crippen LogP contribution in [0.2, 0.25) is 0 Å². The van der Waals surface area contributed by atoms with Gasteiger partial charge < -0.3 is 0 Å². The standard InChI is InChI=1S/C7H16BBr/c1-3-5-6-7(8,9)4-2/h3-6,8H2,1-2H3. The predicted molar refractivity (Wildman–Crippen MR) is 50.0 cm³/mol. The zero-order valence-electron chi connectivity index (χ0n) is 6.71. The lowest BCUT2D eigenvalue weighted by atomic mass is 9.81. The van der Waals surface area contributed by atoms with E-state index in [-0.39, 0.29) is 0 Å². The first-order chi connectivity index (χ1) is 4.12. The Morgan fingerprint density at radius 3 is 2.33 bits per heavy atom. The Hall–Kier alpha value is 0.545. The van der Waals surface area contributed by atoms with Gasteiger partial charge in [-0.2, -0.15) is 0 Å². The molecule has 54 valence electrons. The van der Waals surface area contributed by atoms with Crippen LogP contribution in [0.1, 0.15) is 39.5 Å². The van der Waals surface area contributed by atoms with Crippen LogP contribution in [0.4, 0.5) is 0 Å². The third kappa shape index (κ3) is 5.01. The summed E-state index contributed by atoms with van der Waals surface area (Å²) in [6.07, 6.45) is 5.18. The predicted octanol–water partition coefficient (Wildman–Crippen LogP) is 2.31. The van der Waals surface area contributed by atoms with Gasteiger partial charge in [0.05, 0.1) is 0 Å². The summed E-state index contributed by atoms with van der Waals surface area (Å²) in [5, 5.41) is 0. The van der Waals surface area contributed by atoms with Crippen LogP contribution in [0.25, 0.3) is 0 Å². The summed E-state index contributed by atoms with van der Waals surface area (Å²) in [6.45, 7) is 4.46. The second-order valence-electron chi connectivity index (χ2n) is 2.87. The number of halogens is 1. The van der Waals surface area contributed by atoms with Crippen LogP contribution in [0.3, 0.4) is 0 Å². The Morgan fingerprint density at radius 2 is 2.00 bits per heavy atom. The molecule has 0 aliphatic heterocycles. The van der Waals surface area contributed by atoms with Crippen molar-refractivity contribution >= 4 is 23.8 Å². The molecule has 0 fully saturated rings. The van der Waals surface area contributed by atoms with E-state index < -0.39 is 0 Å². The SMILES string of the molecule is BC(Br)(CC)CCCC. The average Bonchev–Trinajstić information content (AvgIpc) is 1.84. The lowest BCUT2D eigenvalue weighted by Gasteiger charge is -2.19. The van der Waals surface area contributed by atoms with Crippen molar-refractivity contribution in [1.82, 2.24) is 0 Å². The van der Waals surface area contributed by atoms with Crippen molar-refractivity contribution in [1.29, 1.82) is 0 Å². The zero-order chi connectivity index (χ0) is 7.33. The molecule has 0 saturated carbocycles. The van der Waals surface area contributed by atoms with Crippen molar-refractivity contribution in [3.05, 3.63) is 0 Å². The smallest absolute Gasteiger partial charge is 0.0952 e.